The van der Waals surface area contributed by atoms with Gasteiger partial charge < -0.3 is 15.5 Å². The highest BCUT2D eigenvalue weighted by Crippen LogP contribution is 2.21. The first kappa shape index (κ1) is 14.4. The molecular weight excluding hydrogens is 252 g/mol. The monoisotopic (exact) mass is 272 g/mol. The van der Waals surface area contributed by atoms with Crippen molar-refractivity contribution < 1.29 is 4.79 Å². The van der Waals surface area contributed by atoms with E-state index in [0.717, 1.165) is 24.3 Å². The Hall–Kier alpha value is -2.06. The summed E-state index contributed by atoms with van der Waals surface area (Å²) in [5.41, 5.74) is 1.07. The predicted molar refractivity (Wildman–Crippen MR) is 78.4 cm³/mol. The lowest BCUT2D eigenvalue weighted by Gasteiger charge is -2.35. The van der Waals surface area contributed by atoms with Gasteiger partial charge in [-0.05, 0) is 44.5 Å². The normalized spacial score (nSPS) is 18.1. The van der Waals surface area contributed by atoms with Gasteiger partial charge in [-0.25, -0.2) is 4.79 Å². The van der Waals surface area contributed by atoms with Crippen LogP contribution in [-0.2, 0) is 0 Å². The lowest BCUT2D eigenvalue weighted by atomic mass is 9.89. The highest BCUT2D eigenvalue weighted by atomic mass is 16.2. The molecule has 2 rings (SSSR count). The maximum atomic E-state index is 12.1. The summed E-state index contributed by atoms with van der Waals surface area (Å²) in [4.78, 5) is 14.2. The Balaban J connectivity index is 1.98. The van der Waals surface area contributed by atoms with Crippen molar-refractivity contribution in [3.63, 3.8) is 0 Å². The van der Waals surface area contributed by atoms with E-state index in [1.165, 1.54) is 0 Å². The lowest BCUT2D eigenvalue weighted by Crippen LogP contribution is -2.54. The largest absolute Gasteiger partial charge is 0.320 e. The van der Waals surface area contributed by atoms with Gasteiger partial charge in [0.1, 0.15) is 5.54 Å². The van der Waals surface area contributed by atoms with E-state index in [1.54, 1.807) is 0 Å². The molecule has 1 heterocycles. The first-order valence-corrected chi connectivity index (χ1v) is 6.79. The number of benzene rings is 1. The third-order valence-electron chi connectivity index (χ3n) is 3.68. The van der Waals surface area contributed by atoms with Gasteiger partial charge in [0, 0.05) is 18.8 Å². The molecule has 1 aromatic rings. The van der Waals surface area contributed by atoms with Gasteiger partial charge in [0.25, 0.3) is 0 Å². The Labute approximate surface area is 119 Å². The molecule has 1 aliphatic rings. The number of nitrogens with one attached hydrogen (secondary N) is 2. The second kappa shape index (κ2) is 5.93. The summed E-state index contributed by atoms with van der Waals surface area (Å²) in [5.74, 6) is 0. The first-order valence-electron chi connectivity index (χ1n) is 6.79. The molecule has 0 spiro atoms. The number of carbonyl (C=O) groups excluding carboxylic acids is 1. The van der Waals surface area contributed by atoms with E-state index in [0.29, 0.717) is 12.8 Å². The maximum Gasteiger partial charge on any atom is 0.320 e. The molecule has 1 aromatic carbocycles. The number of amides is 2. The van der Waals surface area contributed by atoms with Crippen LogP contribution in [0.15, 0.2) is 24.3 Å². The molecule has 0 aliphatic carbocycles. The van der Waals surface area contributed by atoms with Crippen molar-refractivity contribution in [2.75, 3.05) is 25.5 Å². The number of hydrogen-bond donors (Lipinski definition) is 2. The highest BCUT2D eigenvalue weighted by Gasteiger charge is 2.35. The SMILES string of the molecule is Cc1cccc(NC(=O)NC2(C#N)CCN(C)CC2)c1. The van der Waals surface area contributed by atoms with E-state index < -0.39 is 5.54 Å². The van der Waals surface area contributed by atoms with Gasteiger partial charge in [-0.1, -0.05) is 12.1 Å². The second-order valence-electron chi connectivity index (χ2n) is 5.45. The second-order valence-corrected chi connectivity index (χ2v) is 5.45. The van der Waals surface area contributed by atoms with Gasteiger partial charge in [-0.3, -0.25) is 0 Å². The van der Waals surface area contributed by atoms with Crippen LogP contribution in [0.4, 0.5) is 10.5 Å². The fourth-order valence-electron chi connectivity index (χ4n) is 2.37. The number of rotatable bonds is 2. The number of anilines is 1. The number of nitrogens with zero attached hydrogens (tertiary/aromatic N) is 2. The molecule has 0 unspecified atom stereocenters. The van der Waals surface area contributed by atoms with Crippen molar-refractivity contribution in [3.8, 4) is 6.07 Å². The van der Waals surface area contributed by atoms with Crippen molar-refractivity contribution in [2.45, 2.75) is 25.3 Å². The van der Waals surface area contributed by atoms with E-state index in [-0.39, 0.29) is 6.03 Å². The quantitative estimate of drug-likeness (QED) is 0.866. The van der Waals surface area contributed by atoms with Crippen LogP contribution in [0.1, 0.15) is 18.4 Å². The summed E-state index contributed by atoms with van der Waals surface area (Å²) >= 11 is 0. The van der Waals surface area contributed by atoms with E-state index in [1.807, 2.05) is 38.2 Å². The Morgan fingerprint density at radius 3 is 2.70 bits per heavy atom. The molecule has 2 N–H and O–H groups in total. The van der Waals surface area contributed by atoms with Gasteiger partial charge in [-0.15, -0.1) is 0 Å². The lowest BCUT2D eigenvalue weighted by molar-refractivity contribution is 0.193. The summed E-state index contributed by atoms with van der Waals surface area (Å²) in [6, 6.07) is 9.54. The van der Waals surface area contributed by atoms with Crippen LogP contribution in [0.5, 0.6) is 0 Å². The fraction of sp³-hybridized carbons (Fsp3) is 0.467. The van der Waals surface area contributed by atoms with Gasteiger partial charge in [0.2, 0.25) is 0 Å². The van der Waals surface area contributed by atoms with E-state index >= 15 is 0 Å². The van der Waals surface area contributed by atoms with Crippen LogP contribution in [0.3, 0.4) is 0 Å². The van der Waals surface area contributed by atoms with Crippen LogP contribution >= 0.6 is 0 Å². The molecule has 0 radical (unpaired) electrons. The van der Waals surface area contributed by atoms with Gasteiger partial charge in [0.15, 0.2) is 0 Å². The minimum atomic E-state index is -0.750. The molecule has 5 heteroatoms. The summed E-state index contributed by atoms with van der Waals surface area (Å²) < 4.78 is 0. The maximum absolute atomic E-state index is 12.1. The highest BCUT2D eigenvalue weighted by molar-refractivity contribution is 5.90. The zero-order valence-corrected chi connectivity index (χ0v) is 11.9. The zero-order valence-electron chi connectivity index (χ0n) is 11.9. The van der Waals surface area contributed by atoms with Crippen LogP contribution < -0.4 is 10.6 Å². The number of hydrogen-bond acceptors (Lipinski definition) is 3. The van der Waals surface area contributed by atoms with Crippen molar-refractivity contribution in [1.82, 2.24) is 10.2 Å². The Bertz CT molecular complexity index is 527. The topological polar surface area (TPSA) is 68.2 Å². The third-order valence-corrected chi connectivity index (χ3v) is 3.68. The number of aryl methyl sites for hydroxylation is 1. The van der Waals surface area contributed by atoms with Crippen LogP contribution in [-0.4, -0.2) is 36.6 Å². The molecule has 0 aromatic heterocycles. The van der Waals surface area contributed by atoms with Crippen molar-refractivity contribution in [3.05, 3.63) is 29.8 Å². The summed E-state index contributed by atoms with van der Waals surface area (Å²) in [6.07, 6.45) is 1.31. The standard InChI is InChI=1S/C15H20N4O/c1-12-4-3-5-13(10-12)17-14(20)18-15(11-16)6-8-19(2)9-7-15/h3-5,10H,6-9H2,1-2H3,(H2,17,18,20). The number of urea groups is 1. The Morgan fingerprint density at radius 1 is 1.40 bits per heavy atom. The van der Waals surface area contributed by atoms with Crippen LogP contribution in [0.25, 0.3) is 0 Å². The van der Waals surface area contributed by atoms with Crippen molar-refractivity contribution >= 4 is 11.7 Å². The molecule has 2 amide bonds. The van der Waals surface area contributed by atoms with Crippen LogP contribution in [0.2, 0.25) is 0 Å². The van der Waals surface area contributed by atoms with E-state index in [2.05, 4.69) is 21.6 Å². The molecule has 1 fully saturated rings. The van der Waals surface area contributed by atoms with Gasteiger partial charge >= 0.3 is 6.03 Å². The summed E-state index contributed by atoms with van der Waals surface area (Å²) in [6.45, 7) is 3.60. The first-order chi connectivity index (χ1) is 9.53. The van der Waals surface area contributed by atoms with E-state index in [4.69, 9.17) is 0 Å². The molecule has 1 saturated heterocycles. The van der Waals surface area contributed by atoms with Crippen LogP contribution in [0, 0.1) is 18.3 Å². The summed E-state index contributed by atoms with van der Waals surface area (Å²) in [5, 5.41) is 15.0. The average Bonchev–Trinajstić information content (AvgIpc) is 2.41. The fourth-order valence-corrected chi connectivity index (χ4v) is 2.37. The molecule has 0 bridgehead atoms. The minimum absolute atomic E-state index is 0.318. The number of piperidine rings is 1. The molecule has 0 saturated carbocycles. The zero-order chi connectivity index (χ0) is 14.6. The number of carbonyl (C=O) groups is 1. The Kier molecular flexibility index (Phi) is 4.26. The Morgan fingerprint density at radius 2 is 2.10 bits per heavy atom. The molecule has 20 heavy (non-hydrogen) atoms. The average molecular weight is 272 g/mol. The van der Waals surface area contributed by atoms with Crippen molar-refractivity contribution in [2.24, 2.45) is 0 Å². The molecule has 106 valence electrons. The number of likely N-dealkylation sites (tertiary alicyclic amines) is 1. The summed E-state index contributed by atoms with van der Waals surface area (Å²) in [7, 11) is 2.02. The predicted octanol–water partition coefficient (Wildman–Crippen LogP) is 2.10. The molecule has 5 nitrogen and oxygen atoms in total. The molecule has 0 atom stereocenters. The third kappa shape index (κ3) is 3.49. The molecular formula is C15H20N4O. The number of nitriles is 1. The van der Waals surface area contributed by atoms with Gasteiger partial charge in [-0.2, -0.15) is 5.26 Å². The molecule has 1 aliphatic heterocycles. The smallest absolute Gasteiger partial charge is 0.319 e. The van der Waals surface area contributed by atoms with Crippen molar-refractivity contribution in [1.29, 1.82) is 5.26 Å². The van der Waals surface area contributed by atoms with E-state index in [9.17, 15) is 10.1 Å². The minimum Gasteiger partial charge on any atom is -0.319 e. The van der Waals surface area contributed by atoms with Gasteiger partial charge in [0.05, 0.1) is 6.07 Å².